The lowest BCUT2D eigenvalue weighted by molar-refractivity contribution is -0.114. The predicted octanol–water partition coefficient (Wildman–Crippen LogP) is 3.07. The van der Waals surface area contributed by atoms with E-state index in [0.717, 1.165) is 10.6 Å². The smallest absolute Gasteiger partial charge is 0.245 e. The van der Waals surface area contributed by atoms with Crippen LogP contribution in [-0.2, 0) is 14.8 Å². The van der Waals surface area contributed by atoms with Crippen molar-refractivity contribution in [1.82, 2.24) is 0 Å². The van der Waals surface area contributed by atoms with Crippen molar-refractivity contribution < 1.29 is 22.7 Å². The van der Waals surface area contributed by atoms with Crippen LogP contribution in [0.4, 0.5) is 11.4 Å². The van der Waals surface area contributed by atoms with Gasteiger partial charge in [-0.05, 0) is 36.8 Å². The number of hydrogen-bond acceptors (Lipinski definition) is 5. The van der Waals surface area contributed by atoms with E-state index in [1.807, 2.05) is 0 Å². The molecule has 7 nitrogen and oxygen atoms in total. The molecule has 1 N–H and O–H groups in total. The fourth-order valence-electron chi connectivity index (χ4n) is 2.44. The number of amides is 1. The monoisotopic (exact) mass is 412 g/mol. The lowest BCUT2D eigenvalue weighted by Crippen LogP contribution is -2.37. The summed E-state index contributed by atoms with van der Waals surface area (Å²) in [6.07, 6.45) is 1.02. The van der Waals surface area contributed by atoms with E-state index in [1.54, 1.807) is 37.3 Å². The van der Waals surface area contributed by atoms with Crippen molar-refractivity contribution in [2.45, 2.75) is 6.92 Å². The molecule has 2 aromatic rings. The molecular weight excluding hydrogens is 392 g/mol. The molecule has 0 fully saturated rings. The lowest BCUT2D eigenvalue weighted by Gasteiger charge is -2.24. The molecule has 0 aromatic heterocycles. The molecule has 9 heteroatoms. The molecule has 2 rings (SSSR count). The molecule has 2 aromatic carbocycles. The summed E-state index contributed by atoms with van der Waals surface area (Å²) < 4.78 is 36.0. The van der Waals surface area contributed by atoms with E-state index >= 15 is 0 Å². The Bertz CT molecular complexity index is 947. The van der Waals surface area contributed by atoms with E-state index in [2.05, 4.69) is 5.32 Å². The van der Waals surface area contributed by atoms with Crippen LogP contribution in [0.1, 0.15) is 5.56 Å². The van der Waals surface area contributed by atoms with Crippen molar-refractivity contribution in [3.63, 3.8) is 0 Å². The molecule has 1 amide bonds. The summed E-state index contributed by atoms with van der Waals surface area (Å²) in [6, 6.07) is 9.80. The molecular formula is C18H21ClN2O5S. The van der Waals surface area contributed by atoms with Crippen molar-refractivity contribution in [1.29, 1.82) is 0 Å². The summed E-state index contributed by atoms with van der Waals surface area (Å²) in [6.45, 7) is 1.33. The normalized spacial score (nSPS) is 11.0. The number of anilines is 2. The van der Waals surface area contributed by atoms with Crippen LogP contribution in [0.2, 0.25) is 5.02 Å². The molecule has 0 saturated carbocycles. The summed E-state index contributed by atoms with van der Waals surface area (Å²) in [7, 11) is -0.889. The topological polar surface area (TPSA) is 84.9 Å². The highest BCUT2D eigenvalue weighted by atomic mass is 35.5. The van der Waals surface area contributed by atoms with Crippen LogP contribution in [0.25, 0.3) is 0 Å². The number of nitrogens with one attached hydrogen (secondary N) is 1. The van der Waals surface area contributed by atoms with E-state index in [4.69, 9.17) is 21.1 Å². The first-order chi connectivity index (χ1) is 12.7. The number of halogens is 1. The number of ether oxygens (including phenoxy) is 2. The van der Waals surface area contributed by atoms with Gasteiger partial charge in [0.05, 0.1) is 26.2 Å². The number of sulfonamides is 1. The summed E-state index contributed by atoms with van der Waals surface area (Å²) >= 11 is 6.06. The fraction of sp³-hybridized carbons (Fsp3) is 0.278. The van der Waals surface area contributed by atoms with Gasteiger partial charge in [-0.15, -0.1) is 0 Å². The maximum atomic E-state index is 12.5. The third-order valence-corrected chi connectivity index (χ3v) is 5.42. The second-order valence-electron chi connectivity index (χ2n) is 5.77. The summed E-state index contributed by atoms with van der Waals surface area (Å²) in [5.74, 6) is 0.217. The molecule has 0 aliphatic carbocycles. The molecule has 0 spiro atoms. The van der Waals surface area contributed by atoms with Crippen molar-refractivity contribution in [3.05, 3.63) is 47.0 Å². The Hall–Kier alpha value is -2.45. The Morgan fingerprint density at radius 2 is 1.89 bits per heavy atom. The van der Waals surface area contributed by atoms with Crippen molar-refractivity contribution >= 4 is 38.9 Å². The molecule has 27 heavy (non-hydrogen) atoms. The Kier molecular flexibility index (Phi) is 6.56. The molecule has 0 bridgehead atoms. The zero-order chi connectivity index (χ0) is 20.2. The maximum absolute atomic E-state index is 12.5. The summed E-state index contributed by atoms with van der Waals surface area (Å²) in [5, 5.41) is 3.19. The fourth-order valence-corrected chi connectivity index (χ4v) is 3.46. The Labute approximate surface area is 163 Å². The van der Waals surface area contributed by atoms with Gasteiger partial charge < -0.3 is 14.8 Å². The minimum Gasteiger partial charge on any atom is -0.497 e. The van der Waals surface area contributed by atoms with Crippen LogP contribution in [0.15, 0.2) is 36.4 Å². The Morgan fingerprint density at radius 3 is 2.48 bits per heavy atom. The molecule has 0 radical (unpaired) electrons. The number of hydrogen-bond donors (Lipinski definition) is 1. The highest BCUT2D eigenvalue weighted by Crippen LogP contribution is 2.33. The molecule has 0 atom stereocenters. The highest BCUT2D eigenvalue weighted by molar-refractivity contribution is 7.92. The Morgan fingerprint density at radius 1 is 1.19 bits per heavy atom. The second-order valence-corrected chi connectivity index (χ2v) is 8.08. The highest BCUT2D eigenvalue weighted by Gasteiger charge is 2.25. The molecule has 0 aliphatic rings. The Balaban J connectivity index is 2.36. The van der Waals surface area contributed by atoms with Crippen molar-refractivity contribution in [2.75, 3.05) is 36.6 Å². The van der Waals surface area contributed by atoms with Gasteiger partial charge in [0.15, 0.2) is 0 Å². The largest absolute Gasteiger partial charge is 0.497 e. The van der Waals surface area contributed by atoms with Gasteiger partial charge in [0.25, 0.3) is 0 Å². The van der Waals surface area contributed by atoms with Crippen LogP contribution >= 0.6 is 11.6 Å². The average Bonchev–Trinajstić information content (AvgIpc) is 2.62. The minimum atomic E-state index is -3.77. The van der Waals surface area contributed by atoms with E-state index < -0.39 is 22.5 Å². The van der Waals surface area contributed by atoms with E-state index in [1.165, 1.54) is 20.3 Å². The number of carbonyl (C=O) groups excluding carboxylic acids is 1. The van der Waals surface area contributed by atoms with E-state index in [-0.39, 0.29) is 5.69 Å². The number of nitrogens with zero attached hydrogens (tertiary/aromatic N) is 1. The maximum Gasteiger partial charge on any atom is 0.245 e. The van der Waals surface area contributed by atoms with Gasteiger partial charge in [-0.3, -0.25) is 9.10 Å². The van der Waals surface area contributed by atoms with Crippen LogP contribution in [-0.4, -0.2) is 41.3 Å². The van der Waals surface area contributed by atoms with Crippen LogP contribution in [0, 0.1) is 6.92 Å². The number of methoxy groups -OCH3 is 2. The average molecular weight is 413 g/mol. The summed E-state index contributed by atoms with van der Waals surface area (Å²) in [5.41, 5.74) is 1.41. The molecule has 0 unspecified atom stereocenters. The van der Waals surface area contributed by atoms with Gasteiger partial charge in [-0.2, -0.15) is 0 Å². The second kappa shape index (κ2) is 8.49. The molecule has 0 saturated heterocycles. The van der Waals surface area contributed by atoms with Gasteiger partial charge in [0.1, 0.15) is 18.0 Å². The standard InChI is InChI=1S/C18H21ClN2O5S/c1-12-14(19)6-5-7-15(12)20-18(22)11-21(27(4,23)24)16-10-13(25-2)8-9-17(16)26-3/h5-10H,11H2,1-4H3,(H,20,22). The third-order valence-electron chi connectivity index (χ3n) is 3.88. The van der Waals surface area contributed by atoms with Crippen LogP contribution < -0.4 is 19.1 Å². The molecule has 146 valence electrons. The zero-order valence-corrected chi connectivity index (χ0v) is 17.0. The molecule has 0 heterocycles. The van der Waals surface area contributed by atoms with E-state index in [0.29, 0.717) is 27.8 Å². The lowest BCUT2D eigenvalue weighted by atomic mass is 10.2. The first-order valence-corrected chi connectivity index (χ1v) is 10.1. The minimum absolute atomic E-state index is 0.206. The number of benzene rings is 2. The number of rotatable bonds is 7. The van der Waals surface area contributed by atoms with Crippen LogP contribution in [0.5, 0.6) is 11.5 Å². The van der Waals surface area contributed by atoms with Crippen molar-refractivity contribution in [3.8, 4) is 11.5 Å². The molecule has 0 aliphatic heterocycles. The van der Waals surface area contributed by atoms with Crippen LogP contribution in [0.3, 0.4) is 0 Å². The summed E-state index contributed by atoms with van der Waals surface area (Å²) in [4.78, 5) is 12.5. The van der Waals surface area contributed by atoms with E-state index in [9.17, 15) is 13.2 Å². The third kappa shape index (κ3) is 5.05. The van der Waals surface area contributed by atoms with Gasteiger partial charge in [0, 0.05) is 16.8 Å². The number of carbonyl (C=O) groups is 1. The first kappa shape index (κ1) is 20.9. The quantitative estimate of drug-likeness (QED) is 0.755. The zero-order valence-electron chi connectivity index (χ0n) is 15.4. The van der Waals surface area contributed by atoms with Gasteiger partial charge in [0.2, 0.25) is 15.9 Å². The first-order valence-electron chi connectivity index (χ1n) is 7.92. The SMILES string of the molecule is COc1ccc(OC)c(N(CC(=O)Nc2cccc(Cl)c2C)S(C)(=O)=O)c1. The van der Waals surface area contributed by atoms with Gasteiger partial charge in [-0.25, -0.2) is 8.42 Å². The van der Waals surface area contributed by atoms with Crippen molar-refractivity contribution in [2.24, 2.45) is 0 Å². The predicted molar refractivity (Wildman–Crippen MR) is 107 cm³/mol. The van der Waals surface area contributed by atoms with Gasteiger partial charge in [-0.1, -0.05) is 17.7 Å². The van der Waals surface area contributed by atoms with Gasteiger partial charge >= 0.3 is 0 Å².